The van der Waals surface area contributed by atoms with Crippen molar-refractivity contribution in [2.45, 2.75) is 44.5 Å². The highest BCUT2D eigenvalue weighted by Gasteiger charge is 2.38. The lowest BCUT2D eigenvalue weighted by atomic mass is 10.1. The summed E-state index contributed by atoms with van der Waals surface area (Å²) in [6, 6.07) is 9.11. The van der Waals surface area contributed by atoms with Crippen molar-refractivity contribution in [2.24, 2.45) is 0 Å². The first-order valence-electron chi connectivity index (χ1n) is 11.4. The second-order valence-electron chi connectivity index (χ2n) is 8.29. The zero-order chi connectivity index (χ0) is 26.7. The van der Waals surface area contributed by atoms with Crippen LogP contribution in [0.1, 0.15) is 35.8 Å². The zero-order valence-electron chi connectivity index (χ0n) is 20.2. The Morgan fingerprint density at radius 2 is 1.72 bits per heavy atom. The van der Waals surface area contributed by atoms with E-state index in [-0.39, 0.29) is 11.9 Å². The van der Waals surface area contributed by atoms with Crippen molar-refractivity contribution >= 4 is 23.2 Å². The molecule has 1 aromatic carbocycles. The average molecular weight is 534 g/mol. The average Bonchev–Trinajstić information content (AvgIpc) is 3.50. The van der Waals surface area contributed by atoms with Gasteiger partial charge in [0.1, 0.15) is 30.3 Å². The fourth-order valence-corrected chi connectivity index (χ4v) is 4.64. The minimum absolute atomic E-state index is 0.0102. The lowest BCUT2D eigenvalue weighted by Gasteiger charge is -2.25. The number of primary amides is 1. The van der Waals surface area contributed by atoms with Gasteiger partial charge in [-0.05, 0) is 74.1 Å². The number of hydrogen-bond acceptors (Lipinski definition) is 7. The van der Waals surface area contributed by atoms with Crippen LogP contribution in [0.4, 0.5) is 13.2 Å². The van der Waals surface area contributed by atoms with E-state index < -0.39 is 18.2 Å². The maximum Gasteiger partial charge on any atom is 0.490 e. The predicted molar refractivity (Wildman–Crippen MR) is 127 cm³/mol. The van der Waals surface area contributed by atoms with E-state index in [0.717, 1.165) is 29.3 Å². The van der Waals surface area contributed by atoms with Gasteiger partial charge in [-0.2, -0.15) is 13.2 Å². The van der Waals surface area contributed by atoms with Gasteiger partial charge in [-0.1, -0.05) is 0 Å². The van der Waals surface area contributed by atoms with Crippen LogP contribution in [0.25, 0.3) is 0 Å². The van der Waals surface area contributed by atoms with Crippen molar-refractivity contribution in [3.63, 3.8) is 0 Å². The fourth-order valence-electron chi connectivity index (χ4n) is 3.65. The summed E-state index contributed by atoms with van der Waals surface area (Å²) in [6.45, 7) is 5.10. The van der Waals surface area contributed by atoms with E-state index in [0.29, 0.717) is 25.3 Å². The summed E-state index contributed by atoms with van der Waals surface area (Å²) in [6.07, 6.45) is -3.07. The molecule has 0 bridgehead atoms. The predicted octanol–water partition coefficient (Wildman–Crippen LogP) is 2.76. The van der Waals surface area contributed by atoms with Crippen LogP contribution in [0.2, 0.25) is 0 Å². The Bertz CT molecular complexity index is 962. The summed E-state index contributed by atoms with van der Waals surface area (Å²) >= 11 is 1.55. The van der Waals surface area contributed by atoms with E-state index in [1.54, 1.807) is 23.8 Å². The van der Waals surface area contributed by atoms with Crippen LogP contribution >= 0.6 is 11.3 Å². The minimum Gasteiger partial charge on any atom is -0.497 e. The number of aryl methyl sites for hydroxylation is 1. The Morgan fingerprint density at radius 3 is 2.22 bits per heavy atom. The SMILES string of the molecule is COc1ccc(OCCC(=O)[NH2+][C@H](CN2CCCC2)[C@H](O)c2sccc2C)cc1.O=C(O)C(F)(F)F. The van der Waals surface area contributed by atoms with E-state index in [4.69, 9.17) is 19.4 Å². The molecule has 0 aliphatic carbocycles. The molecule has 0 saturated carbocycles. The molecular formula is C24H32F3N2O6S+. The van der Waals surface area contributed by atoms with E-state index in [2.05, 4.69) is 4.90 Å². The number of nitrogens with zero attached hydrogens (tertiary/aromatic N) is 1. The molecule has 3 rings (SSSR count). The number of nitrogens with two attached hydrogens (primary N) is 1. The van der Waals surface area contributed by atoms with Crippen molar-refractivity contribution in [3.05, 3.63) is 46.2 Å². The van der Waals surface area contributed by atoms with Crippen molar-refractivity contribution in [3.8, 4) is 11.5 Å². The van der Waals surface area contributed by atoms with E-state index in [1.807, 2.05) is 42.6 Å². The monoisotopic (exact) mass is 533 g/mol. The van der Waals surface area contributed by atoms with Gasteiger partial charge in [0.15, 0.2) is 0 Å². The second-order valence-corrected chi connectivity index (χ2v) is 9.24. The third-order valence-corrected chi connectivity index (χ3v) is 6.65. The number of carboxylic acid groups (broad SMARTS) is 1. The second kappa shape index (κ2) is 14.2. The third-order valence-electron chi connectivity index (χ3n) is 5.56. The lowest BCUT2D eigenvalue weighted by molar-refractivity contribution is -0.616. The van der Waals surface area contributed by atoms with Gasteiger partial charge in [-0.15, -0.1) is 11.3 Å². The molecule has 12 heteroatoms. The highest BCUT2D eigenvalue weighted by molar-refractivity contribution is 7.10. The molecule has 1 aromatic heterocycles. The zero-order valence-corrected chi connectivity index (χ0v) is 21.0. The van der Waals surface area contributed by atoms with E-state index >= 15 is 0 Å². The smallest absolute Gasteiger partial charge is 0.490 e. The lowest BCUT2D eigenvalue weighted by Crippen LogP contribution is -2.96. The van der Waals surface area contributed by atoms with Gasteiger partial charge < -0.3 is 19.7 Å². The number of likely N-dealkylation sites (tertiary alicyclic amines) is 1. The summed E-state index contributed by atoms with van der Waals surface area (Å²) in [5.41, 5.74) is 1.08. The quantitative estimate of drug-likeness (QED) is 0.431. The number of methoxy groups -OCH3 is 1. The number of hydrogen-bond donors (Lipinski definition) is 3. The summed E-state index contributed by atoms with van der Waals surface area (Å²) in [5, 5.41) is 21.8. The van der Waals surface area contributed by atoms with Crippen LogP contribution in [-0.4, -0.2) is 72.6 Å². The largest absolute Gasteiger partial charge is 0.497 e. The van der Waals surface area contributed by atoms with Crippen LogP contribution in [0.15, 0.2) is 35.7 Å². The van der Waals surface area contributed by atoms with E-state index in [9.17, 15) is 23.1 Å². The molecule has 0 unspecified atom stereocenters. The van der Waals surface area contributed by atoms with Gasteiger partial charge in [0, 0.05) is 4.88 Å². The molecule has 8 nitrogen and oxygen atoms in total. The Hall–Kier alpha value is -2.67. The van der Waals surface area contributed by atoms with Crippen LogP contribution in [0, 0.1) is 6.92 Å². The Balaban J connectivity index is 0.000000572. The number of carbonyl (C=O) groups excluding carboxylic acids is 1. The van der Waals surface area contributed by atoms with Gasteiger partial charge in [0.25, 0.3) is 0 Å². The minimum atomic E-state index is -5.08. The first-order valence-corrected chi connectivity index (χ1v) is 12.3. The Morgan fingerprint density at radius 1 is 1.14 bits per heavy atom. The van der Waals surface area contributed by atoms with Gasteiger partial charge in [0.05, 0.1) is 20.1 Å². The number of quaternary nitrogens is 1. The molecule has 1 aliphatic heterocycles. The molecule has 2 atom stereocenters. The number of carbonyl (C=O) groups is 2. The molecule has 1 saturated heterocycles. The molecule has 200 valence electrons. The number of aliphatic hydroxyl groups excluding tert-OH is 1. The Labute approximate surface area is 211 Å². The number of carboxylic acids is 1. The number of ether oxygens (including phenoxy) is 2. The number of rotatable bonds is 10. The van der Waals surface area contributed by atoms with E-state index in [1.165, 1.54) is 12.8 Å². The van der Waals surface area contributed by atoms with Gasteiger partial charge in [0.2, 0.25) is 0 Å². The van der Waals surface area contributed by atoms with Crippen molar-refractivity contribution in [1.29, 1.82) is 0 Å². The Kier molecular flexibility index (Phi) is 11.6. The number of halogens is 3. The van der Waals surface area contributed by atoms with Crippen LogP contribution in [-0.2, 0) is 9.59 Å². The summed E-state index contributed by atoms with van der Waals surface area (Å²) in [7, 11) is 1.62. The molecule has 0 radical (unpaired) electrons. The topological polar surface area (TPSA) is 113 Å². The van der Waals surface area contributed by atoms with Gasteiger partial charge >= 0.3 is 18.1 Å². The first-order chi connectivity index (χ1) is 17.0. The van der Waals surface area contributed by atoms with Crippen molar-refractivity contribution < 1.29 is 47.8 Å². The number of aliphatic hydroxyl groups is 1. The fraction of sp³-hybridized carbons (Fsp3) is 0.500. The maximum absolute atomic E-state index is 12.6. The standard InChI is InChI=1S/C22H30N2O4S.C2HF3O2/c1-16-10-14-29-22(16)21(26)19(15-24-11-3-4-12-24)23-20(25)9-13-28-18-7-5-17(27-2)6-8-18;3-2(4,5)1(6)7/h5-8,10,14,19,21,26H,3-4,9,11-13,15H2,1-2H3,(H,23,25);(H,6,7)/p+1/t19-,21+;/m1./s1. The van der Waals surface area contributed by atoms with Crippen LogP contribution < -0.4 is 14.8 Å². The number of thiophene rings is 1. The van der Waals surface area contributed by atoms with Crippen molar-refractivity contribution in [2.75, 3.05) is 33.4 Å². The maximum atomic E-state index is 12.6. The van der Waals surface area contributed by atoms with Crippen LogP contribution in [0.3, 0.4) is 0 Å². The highest BCUT2D eigenvalue weighted by Crippen LogP contribution is 2.26. The molecular weight excluding hydrogens is 501 g/mol. The molecule has 36 heavy (non-hydrogen) atoms. The summed E-state index contributed by atoms with van der Waals surface area (Å²) in [4.78, 5) is 24.8. The van der Waals surface area contributed by atoms with Crippen LogP contribution in [0.5, 0.6) is 11.5 Å². The first kappa shape index (κ1) is 29.6. The molecule has 0 spiro atoms. The number of alkyl halides is 3. The summed E-state index contributed by atoms with van der Waals surface area (Å²) < 4.78 is 42.5. The number of aliphatic carboxylic acids is 1. The third kappa shape index (κ3) is 9.76. The molecule has 4 N–H and O–H groups in total. The molecule has 1 aliphatic rings. The molecule has 2 heterocycles. The summed E-state index contributed by atoms with van der Waals surface area (Å²) in [5.74, 6) is -1.27. The number of benzene rings is 1. The molecule has 2 aromatic rings. The van der Waals surface area contributed by atoms with Gasteiger partial charge in [-0.3, -0.25) is 10.2 Å². The molecule has 1 fully saturated rings. The number of amides is 1. The van der Waals surface area contributed by atoms with Gasteiger partial charge in [-0.25, -0.2) is 9.59 Å². The van der Waals surface area contributed by atoms with Crippen molar-refractivity contribution in [1.82, 2.24) is 4.90 Å². The molecule has 1 amide bonds. The normalized spacial score (nSPS) is 15.5. The highest BCUT2D eigenvalue weighted by atomic mass is 32.1.